The van der Waals surface area contributed by atoms with Crippen LogP contribution in [0.5, 0.6) is 5.75 Å². The lowest BCUT2D eigenvalue weighted by atomic mass is 10.1. The normalized spacial score (nSPS) is 12.4. The molecule has 0 fully saturated rings. The number of aromatic nitrogens is 2. The van der Waals surface area contributed by atoms with Gasteiger partial charge in [0.15, 0.2) is 0 Å². The topological polar surface area (TPSA) is 53.1 Å². The predicted molar refractivity (Wildman–Crippen MR) is 83.9 cm³/mol. The maximum atomic E-state index is 5.85. The van der Waals surface area contributed by atoms with Crippen molar-refractivity contribution in [2.75, 3.05) is 6.61 Å². The molecule has 0 aliphatic carbocycles. The molecule has 2 aromatic rings. The smallest absolute Gasteiger partial charge is 0.119 e. The number of halogens is 1. The quantitative estimate of drug-likeness (QED) is 0.881. The second kappa shape index (κ2) is 6.90. The largest absolute Gasteiger partial charge is 0.493 e. The molecule has 108 valence electrons. The van der Waals surface area contributed by atoms with Gasteiger partial charge in [-0.2, -0.15) is 5.10 Å². The summed E-state index contributed by atoms with van der Waals surface area (Å²) in [7, 11) is 1.92. The summed E-state index contributed by atoms with van der Waals surface area (Å²) in [6.07, 6.45) is 5.56. The lowest BCUT2D eigenvalue weighted by Crippen LogP contribution is -2.18. The summed E-state index contributed by atoms with van der Waals surface area (Å²) in [5, 5.41) is 4.14. The molecule has 1 unspecified atom stereocenters. The third-order valence-corrected chi connectivity index (χ3v) is 3.75. The van der Waals surface area contributed by atoms with Crippen LogP contribution in [0.4, 0.5) is 0 Å². The second-order valence-corrected chi connectivity index (χ2v) is 5.91. The standard InChI is InChI=1S/C15H20BrN3O/c1-11(17)7-13-8-14(3-4-15(13)16)20-6-5-12-9-18-19(2)10-12/h3-4,8-11H,5-7,17H2,1-2H3. The van der Waals surface area contributed by atoms with Crippen molar-refractivity contribution >= 4 is 15.9 Å². The van der Waals surface area contributed by atoms with Crippen molar-refractivity contribution in [3.63, 3.8) is 0 Å². The van der Waals surface area contributed by atoms with Crippen molar-refractivity contribution in [3.05, 3.63) is 46.2 Å². The number of benzene rings is 1. The molecule has 0 saturated heterocycles. The van der Waals surface area contributed by atoms with E-state index in [0.29, 0.717) is 6.61 Å². The van der Waals surface area contributed by atoms with E-state index < -0.39 is 0 Å². The fourth-order valence-corrected chi connectivity index (χ4v) is 2.44. The Morgan fingerprint density at radius 1 is 1.45 bits per heavy atom. The molecule has 4 nitrogen and oxygen atoms in total. The van der Waals surface area contributed by atoms with Gasteiger partial charge in [0.25, 0.3) is 0 Å². The maximum Gasteiger partial charge on any atom is 0.119 e. The molecule has 1 aromatic heterocycles. The molecule has 0 saturated carbocycles. The van der Waals surface area contributed by atoms with Gasteiger partial charge in [0, 0.05) is 30.2 Å². The minimum atomic E-state index is 0.136. The second-order valence-electron chi connectivity index (χ2n) is 5.06. The molecule has 1 aromatic carbocycles. The maximum absolute atomic E-state index is 5.85. The fourth-order valence-electron chi connectivity index (χ4n) is 2.03. The molecule has 0 aliphatic rings. The van der Waals surface area contributed by atoms with Crippen molar-refractivity contribution in [3.8, 4) is 5.75 Å². The van der Waals surface area contributed by atoms with E-state index in [9.17, 15) is 0 Å². The van der Waals surface area contributed by atoms with Crippen LogP contribution in [-0.4, -0.2) is 22.4 Å². The van der Waals surface area contributed by atoms with Gasteiger partial charge in [0.1, 0.15) is 5.75 Å². The Morgan fingerprint density at radius 2 is 2.25 bits per heavy atom. The first-order chi connectivity index (χ1) is 9.54. The molecule has 1 heterocycles. The minimum absolute atomic E-state index is 0.136. The molecule has 2 N–H and O–H groups in total. The number of rotatable bonds is 6. The molecule has 0 aliphatic heterocycles. The molecule has 0 radical (unpaired) electrons. The molecule has 0 bridgehead atoms. The molecule has 2 rings (SSSR count). The zero-order valence-corrected chi connectivity index (χ0v) is 13.4. The van der Waals surface area contributed by atoms with E-state index in [2.05, 4.69) is 27.1 Å². The zero-order chi connectivity index (χ0) is 14.5. The molecule has 1 atom stereocenters. The Morgan fingerprint density at radius 3 is 2.90 bits per heavy atom. The van der Waals surface area contributed by atoms with E-state index >= 15 is 0 Å². The molecule has 0 spiro atoms. The van der Waals surface area contributed by atoms with Gasteiger partial charge in [0.05, 0.1) is 12.8 Å². The number of aryl methyl sites for hydroxylation is 1. The van der Waals surface area contributed by atoms with Crippen molar-refractivity contribution in [2.24, 2.45) is 12.8 Å². The highest BCUT2D eigenvalue weighted by atomic mass is 79.9. The van der Waals surface area contributed by atoms with Gasteiger partial charge in [-0.15, -0.1) is 0 Å². The minimum Gasteiger partial charge on any atom is -0.493 e. The van der Waals surface area contributed by atoms with E-state index in [-0.39, 0.29) is 6.04 Å². The lowest BCUT2D eigenvalue weighted by Gasteiger charge is -2.11. The van der Waals surface area contributed by atoms with Crippen LogP contribution >= 0.6 is 15.9 Å². The van der Waals surface area contributed by atoms with Crippen LogP contribution < -0.4 is 10.5 Å². The fraction of sp³-hybridized carbons (Fsp3) is 0.400. The van der Waals surface area contributed by atoms with Crippen LogP contribution in [0.25, 0.3) is 0 Å². The van der Waals surface area contributed by atoms with Gasteiger partial charge in [-0.3, -0.25) is 4.68 Å². The van der Waals surface area contributed by atoms with Crippen LogP contribution in [0.2, 0.25) is 0 Å². The Bertz CT molecular complexity index is 566. The van der Waals surface area contributed by atoms with E-state index in [1.807, 2.05) is 38.5 Å². The highest BCUT2D eigenvalue weighted by Crippen LogP contribution is 2.23. The van der Waals surface area contributed by atoms with Crippen LogP contribution in [0.1, 0.15) is 18.1 Å². The monoisotopic (exact) mass is 337 g/mol. The van der Waals surface area contributed by atoms with E-state index in [1.54, 1.807) is 4.68 Å². The first-order valence-electron chi connectivity index (χ1n) is 6.69. The summed E-state index contributed by atoms with van der Waals surface area (Å²) in [6.45, 7) is 2.65. The average Bonchev–Trinajstić information content (AvgIpc) is 2.78. The Labute approximate surface area is 128 Å². The lowest BCUT2D eigenvalue weighted by molar-refractivity contribution is 0.321. The first kappa shape index (κ1) is 15.1. The summed E-state index contributed by atoms with van der Waals surface area (Å²) in [4.78, 5) is 0. The number of ether oxygens (including phenoxy) is 1. The number of nitrogens with two attached hydrogens (primary N) is 1. The molecule has 5 heteroatoms. The Hall–Kier alpha value is -1.33. The Balaban J connectivity index is 1.92. The average molecular weight is 338 g/mol. The SMILES string of the molecule is CC(N)Cc1cc(OCCc2cnn(C)c2)ccc1Br. The number of hydrogen-bond donors (Lipinski definition) is 1. The van der Waals surface area contributed by atoms with Gasteiger partial charge in [0.2, 0.25) is 0 Å². The third kappa shape index (κ3) is 4.35. The highest BCUT2D eigenvalue weighted by Gasteiger charge is 2.05. The summed E-state index contributed by atoms with van der Waals surface area (Å²) < 4.78 is 8.68. The van der Waals surface area contributed by atoms with Gasteiger partial charge in [-0.25, -0.2) is 0 Å². The van der Waals surface area contributed by atoms with E-state index in [1.165, 1.54) is 11.1 Å². The predicted octanol–water partition coefficient (Wildman–Crippen LogP) is 2.69. The van der Waals surface area contributed by atoms with Gasteiger partial charge >= 0.3 is 0 Å². The molecular formula is C15H20BrN3O. The van der Waals surface area contributed by atoms with Crippen LogP contribution in [0, 0.1) is 0 Å². The number of hydrogen-bond acceptors (Lipinski definition) is 3. The molecular weight excluding hydrogens is 318 g/mol. The molecule has 20 heavy (non-hydrogen) atoms. The van der Waals surface area contributed by atoms with Crippen LogP contribution in [0.15, 0.2) is 35.1 Å². The summed E-state index contributed by atoms with van der Waals surface area (Å²) in [5.74, 6) is 0.882. The first-order valence-corrected chi connectivity index (χ1v) is 7.48. The molecule has 0 amide bonds. The highest BCUT2D eigenvalue weighted by molar-refractivity contribution is 9.10. The van der Waals surface area contributed by atoms with Crippen LogP contribution in [0.3, 0.4) is 0 Å². The summed E-state index contributed by atoms with van der Waals surface area (Å²) in [5.41, 5.74) is 8.21. The van der Waals surface area contributed by atoms with Crippen molar-refractivity contribution < 1.29 is 4.74 Å². The van der Waals surface area contributed by atoms with E-state index in [0.717, 1.165) is 23.1 Å². The Kier molecular flexibility index (Phi) is 5.20. The van der Waals surface area contributed by atoms with Gasteiger partial charge < -0.3 is 10.5 Å². The van der Waals surface area contributed by atoms with Crippen molar-refractivity contribution in [2.45, 2.75) is 25.8 Å². The van der Waals surface area contributed by atoms with Gasteiger partial charge in [-0.05, 0) is 42.7 Å². The summed E-state index contributed by atoms with van der Waals surface area (Å²) in [6, 6.07) is 6.17. The van der Waals surface area contributed by atoms with Crippen LogP contribution in [-0.2, 0) is 19.9 Å². The third-order valence-electron chi connectivity index (χ3n) is 2.98. The van der Waals surface area contributed by atoms with Crippen molar-refractivity contribution in [1.29, 1.82) is 0 Å². The van der Waals surface area contributed by atoms with E-state index in [4.69, 9.17) is 10.5 Å². The summed E-state index contributed by atoms with van der Waals surface area (Å²) >= 11 is 3.54. The van der Waals surface area contributed by atoms with Crippen molar-refractivity contribution in [1.82, 2.24) is 9.78 Å². The zero-order valence-electron chi connectivity index (χ0n) is 11.8. The number of nitrogens with zero attached hydrogens (tertiary/aromatic N) is 2. The van der Waals surface area contributed by atoms with Gasteiger partial charge in [-0.1, -0.05) is 15.9 Å².